The maximum absolute atomic E-state index is 10.9. The molecule has 0 aliphatic rings. The van der Waals surface area contributed by atoms with Crippen molar-refractivity contribution in [1.82, 2.24) is 5.32 Å². The second kappa shape index (κ2) is 9.73. The lowest BCUT2D eigenvalue weighted by molar-refractivity contribution is -0.384. The highest BCUT2D eigenvalue weighted by Gasteiger charge is 2.09. The number of ether oxygens (including phenoxy) is 1. The SMILES string of the molecule is COC(=O)CCCCCNC(=S)Nc1cc([N+](=O)[O-])ccc1C. The van der Waals surface area contributed by atoms with E-state index in [0.29, 0.717) is 23.8 Å². The zero-order chi connectivity index (χ0) is 17.2. The van der Waals surface area contributed by atoms with E-state index in [4.69, 9.17) is 12.2 Å². The van der Waals surface area contributed by atoms with Gasteiger partial charge < -0.3 is 15.4 Å². The van der Waals surface area contributed by atoms with Gasteiger partial charge in [-0.15, -0.1) is 0 Å². The molecule has 0 aliphatic carbocycles. The van der Waals surface area contributed by atoms with E-state index in [1.165, 1.54) is 19.2 Å². The molecule has 0 aliphatic heterocycles. The van der Waals surface area contributed by atoms with Crippen LogP contribution in [0.3, 0.4) is 0 Å². The maximum Gasteiger partial charge on any atom is 0.305 e. The Hall–Kier alpha value is -2.22. The second-order valence-corrected chi connectivity index (χ2v) is 5.43. The fourth-order valence-corrected chi connectivity index (χ4v) is 2.11. The van der Waals surface area contributed by atoms with Gasteiger partial charge in [0.2, 0.25) is 0 Å². The number of esters is 1. The largest absolute Gasteiger partial charge is 0.469 e. The Balaban J connectivity index is 2.33. The molecule has 2 N–H and O–H groups in total. The molecule has 0 radical (unpaired) electrons. The van der Waals surface area contributed by atoms with E-state index >= 15 is 0 Å². The number of hydrogen-bond donors (Lipinski definition) is 2. The number of anilines is 1. The van der Waals surface area contributed by atoms with Crippen LogP contribution in [0.1, 0.15) is 31.2 Å². The van der Waals surface area contributed by atoms with Crippen LogP contribution in [-0.4, -0.2) is 29.7 Å². The summed E-state index contributed by atoms with van der Waals surface area (Å²) in [4.78, 5) is 21.3. The maximum atomic E-state index is 10.9. The number of carbonyl (C=O) groups is 1. The van der Waals surface area contributed by atoms with Gasteiger partial charge in [-0.25, -0.2) is 0 Å². The predicted octanol–water partition coefficient (Wildman–Crippen LogP) is 2.92. The molecule has 0 heterocycles. The third-order valence-corrected chi connectivity index (χ3v) is 3.50. The Labute approximate surface area is 140 Å². The molecule has 0 saturated heterocycles. The molecule has 0 unspecified atom stereocenters. The number of benzene rings is 1. The van der Waals surface area contributed by atoms with Gasteiger partial charge in [-0.05, 0) is 37.5 Å². The molecule has 1 aromatic rings. The van der Waals surface area contributed by atoms with Gasteiger partial charge in [0.1, 0.15) is 0 Å². The van der Waals surface area contributed by atoms with Crippen LogP contribution in [0.4, 0.5) is 11.4 Å². The van der Waals surface area contributed by atoms with Gasteiger partial charge in [0, 0.05) is 30.8 Å². The molecule has 1 aromatic carbocycles. The first kappa shape index (κ1) is 18.8. The average Bonchev–Trinajstić information content (AvgIpc) is 2.52. The molecule has 126 valence electrons. The number of methoxy groups -OCH3 is 1. The molecule has 0 saturated carbocycles. The number of carbonyl (C=O) groups excluding carboxylic acids is 1. The van der Waals surface area contributed by atoms with E-state index in [9.17, 15) is 14.9 Å². The minimum absolute atomic E-state index is 0.0173. The first-order chi connectivity index (χ1) is 10.9. The third kappa shape index (κ3) is 7.05. The van der Waals surface area contributed by atoms with Crippen LogP contribution in [0.15, 0.2) is 18.2 Å². The molecule has 0 fully saturated rings. The molecule has 0 amide bonds. The van der Waals surface area contributed by atoms with Crippen molar-refractivity contribution < 1.29 is 14.5 Å². The van der Waals surface area contributed by atoms with Gasteiger partial charge >= 0.3 is 5.97 Å². The van der Waals surface area contributed by atoms with Crippen molar-refractivity contribution >= 4 is 34.7 Å². The number of hydrogen-bond acceptors (Lipinski definition) is 5. The van der Waals surface area contributed by atoms with E-state index < -0.39 is 4.92 Å². The molecule has 7 nitrogen and oxygen atoms in total. The van der Waals surface area contributed by atoms with Crippen molar-refractivity contribution in [1.29, 1.82) is 0 Å². The van der Waals surface area contributed by atoms with E-state index in [1.54, 1.807) is 6.07 Å². The van der Waals surface area contributed by atoms with E-state index in [1.807, 2.05) is 6.92 Å². The summed E-state index contributed by atoms with van der Waals surface area (Å²) in [5.41, 5.74) is 1.50. The Morgan fingerprint density at radius 2 is 2.09 bits per heavy atom. The van der Waals surface area contributed by atoms with Crippen molar-refractivity contribution in [2.24, 2.45) is 0 Å². The van der Waals surface area contributed by atoms with Crippen molar-refractivity contribution in [3.8, 4) is 0 Å². The van der Waals surface area contributed by atoms with Crippen LogP contribution in [0, 0.1) is 17.0 Å². The fraction of sp³-hybridized carbons (Fsp3) is 0.467. The van der Waals surface area contributed by atoms with E-state index in [-0.39, 0.29) is 11.7 Å². The average molecular weight is 339 g/mol. The lowest BCUT2D eigenvalue weighted by Crippen LogP contribution is -2.29. The van der Waals surface area contributed by atoms with Gasteiger partial charge in [-0.3, -0.25) is 14.9 Å². The van der Waals surface area contributed by atoms with Crippen LogP contribution in [0.25, 0.3) is 0 Å². The highest BCUT2D eigenvalue weighted by molar-refractivity contribution is 7.80. The number of rotatable bonds is 8. The highest BCUT2D eigenvalue weighted by Crippen LogP contribution is 2.21. The molecular formula is C15H21N3O4S. The number of unbranched alkanes of at least 4 members (excludes halogenated alkanes) is 2. The predicted molar refractivity (Wildman–Crippen MR) is 92.5 cm³/mol. The number of non-ortho nitro benzene ring substituents is 1. The van der Waals surface area contributed by atoms with E-state index in [2.05, 4.69) is 15.4 Å². The van der Waals surface area contributed by atoms with Crippen LogP contribution in [0.5, 0.6) is 0 Å². The Morgan fingerprint density at radius 3 is 2.74 bits per heavy atom. The number of nitro groups is 1. The Bertz CT molecular complexity index is 578. The van der Waals surface area contributed by atoms with Crippen molar-refractivity contribution in [2.75, 3.05) is 19.0 Å². The van der Waals surface area contributed by atoms with Crippen molar-refractivity contribution in [3.63, 3.8) is 0 Å². The van der Waals surface area contributed by atoms with Gasteiger partial charge in [0.05, 0.1) is 12.0 Å². The first-order valence-corrected chi connectivity index (χ1v) is 7.71. The quantitative estimate of drug-likeness (QED) is 0.247. The van der Waals surface area contributed by atoms with Gasteiger partial charge in [-0.1, -0.05) is 12.5 Å². The Morgan fingerprint density at radius 1 is 1.35 bits per heavy atom. The number of nitrogens with one attached hydrogen (secondary N) is 2. The topological polar surface area (TPSA) is 93.5 Å². The summed E-state index contributed by atoms with van der Waals surface area (Å²) in [5.74, 6) is -0.198. The summed E-state index contributed by atoms with van der Waals surface area (Å²) >= 11 is 5.18. The molecule has 0 atom stereocenters. The molecule has 1 rings (SSSR count). The van der Waals surface area contributed by atoms with E-state index in [0.717, 1.165) is 24.8 Å². The summed E-state index contributed by atoms with van der Waals surface area (Å²) in [6.07, 6.45) is 2.96. The zero-order valence-electron chi connectivity index (χ0n) is 13.3. The third-order valence-electron chi connectivity index (χ3n) is 3.25. The summed E-state index contributed by atoms with van der Waals surface area (Å²) in [6, 6.07) is 4.59. The fourth-order valence-electron chi connectivity index (χ4n) is 1.90. The first-order valence-electron chi connectivity index (χ1n) is 7.30. The number of aryl methyl sites for hydroxylation is 1. The van der Waals surface area contributed by atoms with Gasteiger partial charge in [0.15, 0.2) is 5.11 Å². The smallest absolute Gasteiger partial charge is 0.305 e. The van der Waals surface area contributed by atoms with Crippen molar-refractivity contribution in [3.05, 3.63) is 33.9 Å². The number of nitro benzene ring substituents is 1. The second-order valence-electron chi connectivity index (χ2n) is 5.02. The van der Waals surface area contributed by atoms with Crippen LogP contribution >= 0.6 is 12.2 Å². The summed E-state index contributed by atoms with van der Waals surface area (Å²) in [7, 11) is 1.38. The zero-order valence-corrected chi connectivity index (χ0v) is 14.1. The number of thiocarbonyl (C=S) groups is 1. The van der Waals surface area contributed by atoms with Crippen LogP contribution < -0.4 is 10.6 Å². The summed E-state index contributed by atoms with van der Waals surface area (Å²) in [5, 5.41) is 17.2. The normalized spacial score (nSPS) is 10.0. The minimum atomic E-state index is -0.442. The van der Waals surface area contributed by atoms with Gasteiger partial charge in [0.25, 0.3) is 5.69 Å². The summed E-state index contributed by atoms with van der Waals surface area (Å²) in [6.45, 7) is 2.52. The van der Waals surface area contributed by atoms with Gasteiger partial charge in [-0.2, -0.15) is 0 Å². The molecule has 8 heteroatoms. The molecule has 0 aromatic heterocycles. The Kier molecular flexibility index (Phi) is 7.96. The number of nitrogens with zero attached hydrogens (tertiary/aromatic N) is 1. The monoisotopic (exact) mass is 339 g/mol. The lowest BCUT2D eigenvalue weighted by atomic mass is 10.2. The molecule has 0 spiro atoms. The standard InChI is InChI=1S/C15H21N3O4S/c1-11-7-8-12(18(20)21)10-13(11)17-15(23)16-9-5-3-4-6-14(19)22-2/h7-8,10H,3-6,9H2,1-2H3,(H2,16,17,23). The molecule has 0 bridgehead atoms. The van der Waals surface area contributed by atoms with Crippen molar-refractivity contribution in [2.45, 2.75) is 32.6 Å². The molecular weight excluding hydrogens is 318 g/mol. The highest BCUT2D eigenvalue weighted by atomic mass is 32.1. The lowest BCUT2D eigenvalue weighted by Gasteiger charge is -2.12. The minimum Gasteiger partial charge on any atom is -0.469 e. The van der Waals surface area contributed by atoms with Crippen LogP contribution in [-0.2, 0) is 9.53 Å². The molecule has 23 heavy (non-hydrogen) atoms. The van der Waals surface area contributed by atoms with Crippen LogP contribution in [0.2, 0.25) is 0 Å². The summed E-state index contributed by atoms with van der Waals surface area (Å²) < 4.78 is 4.57.